The van der Waals surface area contributed by atoms with Crippen LogP contribution in [0.25, 0.3) is 0 Å². The topological polar surface area (TPSA) is 92.3 Å². The zero-order chi connectivity index (χ0) is 27.1. The van der Waals surface area contributed by atoms with Gasteiger partial charge in [-0.2, -0.15) is 0 Å². The lowest BCUT2D eigenvalue weighted by molar-refractivity contribution is 0.0979. The first-order valence-corrected chi connectivity index (χ1v) is 12.3. The molecule has 0 heterocycles. The van der Waals surface area contributed by atoms with Gasteiger partial charge in [0.2, 0.25) is 0 Å². The first-order chi connectivity index (χ1) is 18.1. The molecule has 6 nitrogen and oxygen atoms in total. The smallest absolute Gasteiger partial charge is 0.255 e. The summed E-state index contributed by atoms with van der Waals surface area (Å²) in [5, 5.41) is 5.64. The predicted molar refractivity (Wildman–Crippen MR) is 147 cm³/mol. The van der Waals surface area contributed by atoms with Crippen molar-refractivity contribution in [1.82, 2.24) is 0 Å². The molecule has 0 bridgehead atoms. The fraction of sp³-hybridized carbons (Fsp3) is 0.125. The van der Waals surface area contributed by atoms with Gasteiger partial charge < -0.3 is 10.6 Å². The quantitative estimate of drug-likeness (QED) is 0.306. The molecule has 2 N–H and O–H groups in total. The van der Waals surface area contributed by atoms with Crippen molar-refractivity contribution in [3.05, 3.63) is 128 Å². The van der Waals surface area contributed by atoms with Crippen molar-refractivity contribution >= 4 is 34.8 Å². The van der Waals surface area contributed by atoms with Gasteiger partial charge in [-0.15, -0.1) is 0 Å². The van der Waals surface area contributed by atoms with E-state index >= 15 is 0 Å². The van der Waals surface area contributed by atoms with E-state index in [0.29, 0.717) is 22.5 Å². The van der Waals surface area contributed by atoms with Crippen LogP contribution >= 0.6 is 0 Å². The van der Waals surface area contributed by atoms with Gasteiger partial charge in [-0.3, -0.25) is 19.2 Å². The second kappa shape index (κ2) is 9.56. The number of ketones is 2. The lowest BCUT2D eigenvalue weighted by Crippen LogP contribution is -2.22. The predicted octanol–water partition coefficient (Wildman–Crippen LogP) is 6.20. The van der Waals surface area contributed by atoms with E-state index in [1.165, 1.54) is 12.1 Å². The van der Waals surface area contributed by atoms with E-state index in [-0.39, 0.29) is 45.6 Å². The van der Waals surface area contributed by atoms with Crippen LogP contribution in [0.1, 0.15) is 74.8 Å². The van der Waals surface area contributed by atoms with E-state index in [9.17, 15) is 19.2 Å². The van der Waals surface area contributed by atoms with Crippen molar-refractivity contribution in [1.29, 1.82) is 0 Å². The molecule has 6 heteroatoms. The van der Waals surface area contributed by atoms with Crippen LogP contribution in [-0.4, -0.2) is 23.4 Å². The molecule has 0 atom stereocenters. The average molecular weight is 503 g/mol. The van der Waals surface area contributed by atoms with E-state index in [2.05, 4.69) is 10.6 Å². The number of hydrogen-bond donors (Lipinski definition) is 2. The van der Waals surface area contributed by atoms with E-state index in [0.717, 1.165) is 22.3 Å². The Balaban J connectivity index is 1.38. The minimum atomic E-state index is -0.316. The maximum atomic E-state index is 13.3. The van der Waals surface area contributed by atoms with Crippen molar-refractivity contribution in [2.75, 3.05) is 10.6 Å². The molecule has 0 saturated carbocycles. The van der Waals surface area contributed by atoms with Crippen molar-refractivity contribution < 1.29 is 19.2 Å². The van der Waals surface area contributed by atoms with Crippen molar-refractivity contribution in [2.24, 2.45) is 0 Å². The first-order valence-electron chi connectivity index (χ1n) is 12.3. The lowest BCUT2D eigenvalue weighted by atomic mass is 9.83. The normalized spacial score (nSPS) is 12.0. The Morgan fingerprint density at radius 3 is 1.24 bits per heavy atom. The van der Waals surface area contributed by atoms with Crippen LogP contribution in [-0.2, 0) is 0 Å². The number of benzene rings is 4. The van der Waals surface area contributed by atoms with E-state index < -0.39 is 0 Å². The molecule has 0 spiro atoms. The maximum absolute atomic E-state index is 13.3. The number of anilines is 2. The van der Waals surface area contributed by atoms with Crippen LogP contribution in [0.2, 0.25) is 0 Å². The van der Waals surface area contributed by atoms with Crippen LogP contribution in [0.15, 0.2) is 72.8 Å². The number of rotatable bonds is 4. The molecule has 0 aliphatic heterocycles. The highest BCUT2D eigenvalue weighted by atomic mass is 16.2. The molecular weight excluding hydrogens is 476 g/mol. The number of carbonyl (C=O) groups is 4. The number of hydrogen-bond acceptors (Lipinski definition) is 4. The summed E-state index contributed by atoms with van der Waals surface area (Å²) in [5.41, 5.74) is 7.02. The molecule has 5 rings (SSSR count). The molecule has 38 heavy (non-hydrogen) atoms. The van der Waals surface area contributed by atoms with Crippen LogP contribution in [0, 0.1) is 27.7 Å². The Hall–Kier alpha value is -4.84. The molecule has 1 aliphatic rings. The van der Waals surface area contributed by atoms with Crippen LogP contribution < -0.4 is 10.6 Å². The minimum Gasteiger partial charge on any atom is -0.322 e. The van der Waals surface area contributed by atoms with Gasteiger partial charge in [0.05, 0.1) is 0 Å². The van der Waals surface area contributed by atoms with E-state index in [1.54, 1.807) is 36.4 Å². The molecule has 0 aromatic heterocycles. The van der Waals surface area contributed by atoms with Gasteiger partial charge in [0.25, 0.3) is 11.8 Å². The van der Waals surface area contributed by atoms with E-state index in [4.69, 9.17) is 0 Å². The summed E-state index contributed by atoms with van der Waals surface area (Å²) in [7, 11) is 0. The molecule has 0 unspecified atom stereocenters. The van der Waals surface area contributed by atoms with Gasteiger partial charge in [0, 0.05) is 44.8 Å². The highest BCUT2D eigenvalue weighted by molar-refractivity contribution is 6.29. The number of carbonyl (C=O) groups excluding carboxylic acids is 4. The summed E-state index contributed by atoms with van der Waals surface area (Å²) < 4.78 is 0. The van der Waals surface area contributed by atoms with Crippen molar-refractivity contribution in [3.8, 4) is 0 Å². The van der Waals surface area contributed by atoms with Crippen LogP contribution in [0.5, 0.6) is 0 Å². The third kappa shape index (κ3) is 4.52. The van der Waals surface area contributed by atoms with Gasteiger partial charge >= 0.3 is 0 Å². The summed E-state index contributed by atoms with van der Waals surface area (Å²) in [6.07, 6.45) is 0. The minimum absolute atomic E-state index is 0.229. The van der Waals surface area contributed by atoms with Gasteiger partial charge in [0.15, 0.2) is 11.6 Å². The van der Waals surface area contributed by atoms with Crippen LogP contribution in [0.3, 0.4) is 0 Å². The fourth-order valence-corrected chi connectivity index (χ4v) is 4.48. The van der Waals surface area contributed by atoms with E-state index in [1.807, 2.05) is 52.0 Å². The zero-order valence-corrected chi connectivity index (χ0v) is 21.6. The molecule has 0 radical (unpaired) electrons. The standard InChI is InChI=1S/C32H26N2O4/c1-17-5-7-21(13-19(17)3)31(37)33-23-9-11-25-27(15-23)29(35)26-12-10-24(16-28(26)30(25)36)34-32(38)22-8-6-18(2)20(4)14-22/h5-16H,1-4H3,(H,33,37)(H,34,38). The second-order valence-corrected chi connectivity index (χ2v) is 9.69. The first kappa shape index (κ1) is 24.8. The van der Waals surface area contributed by atoms with Crippen LogP contribution in [0.4, 0.5) is 11.4 Å². The Kier molecular flexibility index (Phi) is 6.25. The van der Waals surface area contributed by atoms with Crippen molar-refractivity contribution in [2.45, 2.75) is 27.7 Å². The molecule has 2 amide bonds. The maximum Gasteiger partial charge on any atom is 0.255 e. The van der Waals surface area contributed by atoms with Gasteiger partial charge in [-0.05, 0) is 111 Å². The number of amides is 2. The van der Waals surface area contributed by atoms with Gasteiger partial charge in [0.1, 0.15) is 0 Å². The molecule has 0 fully saturated rings. The number of fused-ring (bicyclic) bond motifs is 2. The largest absolute Gasteiger partial charge is 0.322 e. The Morgan fingerprint density at radius 2 is 0.868 bits per heavy atom. The van der Waals surface area contributed by atoms with Crippen molar-refractivity contribution in [3.63, 3.8) is 0 Å². The third-order valence-electron chi connectivity index (χ3n) is 7.07. The van der Waals surface area contributed by atoms with Gasteiger partial charge in [-0.25, -0.2) is 0 Å². The number of aryl methyl sites for hydroxylation is 4. The third-order valence-corrected chi connectivity index (χ3v) is 7.07. The highest BCUT2D eigenvalue weighted by Crippen LogP contribution is 2.31. The zero-order valence-electron chi connectivity index (χ0n) is 21.6. The summed E-state index contributed by atoms with van der Waals surface area (Å²) >= 11 is 0. The molecule has 0 saturated heterocycles. The molecular formula is C32H26N2O4. The summed E-state index contributed by atoms with van der Waals surface area (Å²) in [5.74, 6) is -1.23. The summed E-state index contributed by atoms with van der Waals surface area (Å²) in [6.45, 7) is 7.82. The molecule has 4 aromatic rings. The average Bonchev–Trinajstić information content (AvgIpc) is 2.90. The molecule has 4 aromatic carbocycles. The Bertz CT molecular complexity index is 1560. The highest BCUT2D eigenvalue weighted by Gasteiger charge is 2.30. The SMILES string of the molecule is Cc1ccc(C(=O)Nc2ccc3c(c2)C(=O)c2ccc(NC(=O)c4ccc(C)c(C)c4)cc2C3=O)cc1C. The molecule has 188 valence electrons. The Morgan fingerprint density at radius 1 is 0.474 bits per heavy atom. The number of nitrogens with one attached hydrogen (secondary N) is 2. The van der Waals surface area contributed by atoms with Gasteiger partial charge in [-0.1, -0.05) is 12.1 Å². The lowest BCUT2D eigenvalue weighted by Gasteiger charge is -2.19. The summed E-state index contributed by atoms with van der Waals surface area (Å²) in [6, 6.07) is 20.3. The Labute approximate surface area is 220 Å². The fourth-order valence-electron chi connectivity index (χ4n) is 4.48. The molecule has 1 aliphatic carbocycles. The summed E-state index contributed by atoms with van der Waals surface area (Å²) in [4.78, 5) is 52.1. The second-order valence-electron chi connectivity index (χ2n) is 9.69. The monoisotopic (exact) mass is 502 g/mol.